The zero-order chi connectivity index (χ0) is 13.0. The van der Waals surface area contributed by atoms with Crippen molar-refractivity contribution in [1.82, 2.24) is 10.3 Å². The lowest BCUT2D eigenvalue weighted by molar-refractivity contribution is 0.0542. The summed E-state index contributed by atoms with van der Waals surface area (Å²) in [5.41, 5.74) is 3.98. The molecule has 0 saturated carbocycles. The van der Waals surface area contributed by atoms with Crippen LogP contribution in [0, 0.1) is 0 Å². The second-order valence-corrected chi connectivity index (χ2v) is 6.04. The summed E-state index contributed by atoms with van der Waals surface area (Å²) in [5, 5.41) is 3.52. The van der Waals surface area contributed by atoms with E-state index in [-0.39, 0.29) is 6.10 Å². The molecule has 4 rings (SSSR count). The van der Waals surface area contributed by atoms with Gasteiger partial charge in [0.25, 0.3) is 0 Å². The maximum absolute atomic E-state index is 5.74. The van der Waals surface area contributed by atoms with Crippen molar-refractivity contribution in [3.63, 3.8) is 0 Å². The maximum Gasteiger partial charge on any atom is 0.132 e. The Bertz CT molecular complexity index is 516. The first-order valence-electron chi connectivity index (χ1n) is 7.37. The van der Waals surface area contributed by atoms with E-state index in [1.54, 1.807) is 0 Å². The van der Waals surface area contributed by atoms with Crippen LogP contribution in [-0.2, 0) is 17.6 Å². The minimum absolute atomic E-state index is 0.203. The van der Waals surface area contributed by atoms with Gasteiger partial charge in [-0.3, -0.25) is 0 Å². The van der Waals surface area contributed by atoms with E-state index in [1.807, 2.05) is 0 Å². The fourth-order valence-corrected chi connectivity index (χ4v) is 3.77. The Hall–Kier alpha value is -1.13. The molecular weight excluding hydrogens is 238 g/mol. The third kappa shape index (κ3) is 1.70. The van der Waals surface area contributed by atoms with Gasteiger partial charge < -0.3 is 15.0 Å². The van der Waals surface area contributed by atoms with E-state index in [0.29, 0.717) is 12.1 Å². The number of aromatic nitrogens is 1. The van der Waals surface area contributed by atoms with E-state index in [2.05, 4.69) is 30.1 Å². The van der Waals surface area contributed by atoms with E-state index in [0.717, 1.165) is 32.5 Å². The molecule has 1 saturated heterocycles. The van der Waals surface area contributed by atoms with Crippen LogP contribution in [0.4, 0.5) is 5.82 Å². The second-order valence-electron chi connectivity index (χ2n) is 6.04. The molecule has 0 bridgehead atoms. The third-order valence-corrected chi connectivity index (χ3v) is 4.72. The average Bonchev–Trinajstić information content (AvgIpc) is 2.76. The summed E-state index contributed by atoms with van der Waals surface area (Å²) in [6.45, 7) is 7.38. The van der Waals surface area contributed by atoms with Crippen molar-refractivity contribution in [3.05, 3.63) is 22.9 Å². The van der Waals surface area contributed by atoms with Crippen molar-refractivity contribution < 1.29 is 4.74 Å². The fourth-order valence-electron chi connectivity index (χ4n) is 3.77. The Labute approximate surface area is 114 Å². The fraction of sp³-hybridized carbons (Fsp3) is 0.667. The van der Waals surface area contributed by atoms with Gasteiger partial charge in [-0.2, -0.15) is 0 Å². The van der Waals surface area contributed by atoms with Crippen LogP contribution in [0.5, 0.6) is 0 Å². The number of fused-ring (bicyclic) bond motifs is 4. The Kier molecular flexibility index (Phi) is 2.57. The zero-order valence-electron chi connectivity index (χ0n) is 11.6. The lowest BCUT2D eigenvalue weighted by Crippen LogP contribution is -2.55. The highest BCUT2D eigenvalue weighted by Gasteiger charge is 2.37. The molecule has 3 atom stereocenters. The molecule has 3 aliphatic rings. The van der Waals surface area contributed by atoms with E-state index >= 15 is 0 Å². The molecule has 1 fully saturated rings. The molecule has 1 unspecified atom stereocenters. The first-order chi connectivity index (χ1) is 9.24. The SMILES string of the molecule is CC1OCCc2nc3c(cc21)C[C@@H]1CNC[C@@H](C)N31. The van der Waals surface area contributed by atoms with Crippen LogP contribution in [-0.4, -0.2) is 36.8 Å². The van der Waals surface area contributed by atoms with Gasteiger partial charge in [-0.1, -0.05) is 0 Å². The van der Waals surface area contributed by atoms with Crippen molar-refractivity contribution in [2.45, 2.75) is 44.9 Å². The number of hydrogen-bond donors (Lipinski definition) is 1. The van der Waals surface area contributed by atoms with Crippen LogP contribution >= 0.6 is 0 Å². The number of rotatable bonds is 0. The minimum atomic E-state index is 0.203. The molecule has 1 aromatic rings. The molecule has 3 aliphatic heterocycles. The van der Waals surface area contributed by atoms with Gasteiger partial charge in [-0.05, 0) is 31.9 Å². The highest BCUT2D eigenvalue weighted by molar-refractivity contribution is 5.58. The number of hydrogen-bond acceptors (Lipinski definition) is 4. The van der Waals surface area contributed by atoms with Crippen LogP contribution in [0.2, 0.25) is 0 Å². The summed E-state index contributed by atoms with van der Waals surface area (Å²) in [6, 6.07) is 3.49. The summed E-state index contributed by atoms with van der Waals surface area (Å²) < 4.78 is 5.74. The van der Waals surface area contributed by atoms with Crippen LogP contribution in [0.3, 0.4) is 0 Å². The Morgan fingerprint density at radius 2 is 2.26 bits per heavy atom. The standard InChI is InChI=1S/C15H21N3O/c1-9-7-16-8-12-5-11-6-13-10(2)19-4-3-14(13)17-15(11)18(9)12/h6,9-10,12,16H,3-5,7-8H2,1-2H3/t9-,10?,12-/m1/s1. The van der Waals surface area contributed by atoms with Crippen LogP contribution in [0.15, 0.2) is 6.07 Å². The first kappa shape index (κ1) is 11.7. The molecule has 0 aliphatic carbocycles. The van der Waals surface area contributed by atoms with Gasteiger partial charge in [-0.15, -0.1) is 0 Å². The number of nitrogens with one attached hydrogen (secondary N) is 1. The molecule has 4 heteroatoms. The minimum Gasteiger partial charge on any atom is -0.373 e. The van der Waals surface area contributed by atoms with E-state index in [1.165, 1.54) is 22.6 Å². The largest absolute Gasteiger partial charge is 0.373 e. The van der Waals surface area contributed by atoms with Gasteiger partial charge in [0.2, 0.25) is 0 Å². The monoisotopic (exact) mass is 259 g/mol. The Balaban J connectivity index is 1.79. The second kappa shape index (κ2) is 4.18. The van der Waals surface area contributed by atoms with Gasteiger partial charge in [0, 0.05) is 37.2 Å². The third-order valence-electron chi connectivity index (χ3n) is 4.72. The number of ether oxygens (including phenoxy) is 1. The normalized spacial score (nSPS) is 32.7. The topological polar surface area (TPSA) is 37.4 Å². The summed E-state index contributed by atoms with van der Waals surface area (Å²) in [4.78, 5) is 7.53. The van der Waals surface area contributed by atoms with Gasteiger partial charge in [0.15, 0.2) is 0 Å². The van der Waals surface area contributed by atoms with Crippen molar-refractivity contribution >= 4 is 5.82 Å². The van der Waals surface area contributed by atoms with Crippen molar-refractivity contribution in [1.29, 1.82) is 0 Å². The summed E-state index contributed by atoms with van der Waals surface area (Å²) in [6.07, 6.45) is 2.28. The number of pyridine rings is 1. The molecule has 0 aromatic carbocycles. The van der Waals surface area contributed by atoms with Crippen molar-refractivity contribution in [3.8, 4) is 0 Å². The summed E-state index contributed by atoms with van der Waals surface area (Å²) in [7, 11) is 0. The lowest BCUT2D eigenvalue weighted by Gasteiger charge is -2.38. The van der Waals surface area contributed by atoms with Gasteiger partial charge in [-0.25, -0.2) is 4.98 Å². The average molecular weight is 259 g/mol. The smallest absolute Gasteiger partial charge is 0.132 e. The number of piperazine rings is 1. The predicted molar refractivity (Wildman–Crippen MR) is 74.6 cm³/mol. The van der Waals surface area contributed by atoms with Crippen molar-refractivity contribution in [2.24, 2.45) is 0 Å². The molecule has 0 amide bonds. The molecule has 102 valence electrons. The first-order valence-corrected chi connectivity index (χ1v) is 7.37. The van der Waals surface area contributed by atoms with Gasteiger partial charge >= 0.3 is 0 Å². The summed E-state index contributed by atoms with van der Waals surface area (Å²) in [5.74, 6) is 1.24. The predicted octanol–water partition coefficient (Wildman–Crippen LogP) is 1.44. The van der Waals surface area contributed by atoms with Gasteiger partial charge in [0.1, 0.15) is 5.82 Å². The Morgan fingerprint density at radius 3 is 3.16 bits per heavy atom. The highest BCUT2D eigenvalue weighted by atomic mass is 16.5. The van der Waals surface area contributed by atoms with Gasteiger partial charge in [0.05, 0.1) is 18.4 Å². The molecule has 4 nitrogen and oxygen atoms in total. The lowest BCUT2D eigenvalue weighted by atomic mass is 10.0. The molecule has 0 radical (unpaired) electrons. The molecule has 0 spiro atoms. The zero-order valence-corrected chi connectivity index (χ0v) is 11.6. The molecular formula is C15H21N3O. The van der Waals surface area contributed by atoms with Crippen LogP contribution in [0.1, 0.15) is 36.8 Å². The molecule has 1 aromatic heterocycles. The van der Waals surface area contributed by atoms with Crippen LogP contribution in [0.25, 0.3) is 0 Å². The molecule has 19 heavy (non-hydrogen) atoms. The quantitative estimate of drug-likeness (QED) is 0.765. The molecule has 1 N–H and O–H groups in total. The summed E-state index contributed by atoms with van der Waals surface area (Å²) >= 11 is 0. The number of nitrogens with zero attached hydrogens (tertiary/aromatic N) is 2. The molecule has 4 heterocycles. The van der Waals surface area contributed by atoms with E-state index in [4.69, 9.17) is 9.72 Å². The highest BCUT2D eigenvalue weighted by Crippen LogP contribution is 2.37. The van der Waals surface area contributed by atoms with Crippen LogP contribution < -0.4 is 10.2 Å². The van der Waals surface area contributed by atoms with E-state index in [9.17, 15) is 0 Å². The Morgan fingerprint density at radius 1 is 1.37 bits per heavy atom. The maximum atomic E-state index is 5.74. The van der Waals surface area contributed by atoms with E-state index < -0.39 is 0 Å². The number of anilines is 1. The van der Waals surface area contributed by atoms with Crippen molar-refractivity contribution in [2.75, 3.05) is 24.6 Å².